The molecule has 9 heteroatoms. The highest BCUT2D eigenvalue weighted by atomic mass is 28.3. The second-order valence-corrected chi connectivity index (χ2v) is 19.2. The molecule has 4 N–H and O–H groups in total. The average Bonchev–Trinajstić information content (AvgIpc) is 3.45. The highest BCUT2D eigenvalue weighted by Crippen LogP contribution is 2.40. The lowest BCUT2D eigenvalue weighted by Gasteiger charge is -2.45. The van der Waals surface area contributed by atoms with Crippen LogP contribution in [0.5, 0.6) is 0 Å². The molecule has 2 heterocycles. The van der Waals surface area contributed by atoms with Crippen molar-refractivity contribution in [1.82, 2.24) is 9.97 Å². The number of hydrogen-bond acceptors (Lipinski definition) is 7. The Labute approximate surface area is 282 Å². The molecule has 3 aromatic rings. The quantitative estimate of drug-likeness (QED) is 0.0717. The first-order valence-corrected chi connectivity index (χ1v) is 20.0. The first-order chi connectivity index (χ1) is 22.7. The third-order valence-electron chi connectivity index (χ3n) is 9.85. The summed E-state index contributed by atoms with van der Waals surface area (Å²) < 4.78 is 6.00. The number of carbonyl (C=O) groups is 1. The normalized spacial score (nSPS) is 13.7. The largest absolute Gasteiger partial charge is 0.465 e. The Bertz CT molecular complexity index is 1400. The Morgan fingerprint density at radius 3 is 2.09 bits per heavy atom. The number of nitrogens with two attached hydrogens (primary N) is 1. The summed E-state index contributed by atoms with van der Waals surface area (Å²) in [5, 5.41) is 6.04. The molecule has 1 unspecified atom stereocenters. The monoisotopic (exact) mass is 659 g/mol. The van der Waals surface area contributed by atoms with Gasteiger partial charge in [-0.2, -0.15) is 4.98 Å². The number of fused-ring (bicyclic) bond motifs is 1. The van der Waals surface area contributed by atoms with Crippen molar-refractivity contribution in [2.45, 2.75) is 109 Å². The zero-order valence-corrected chi connectivity index (χ0v) is 30.2. The third-order valence-corrected chi connectivity index (χ3v) is 16.1. The number of unbranched alkanes of at least 4 members (excludes halogenated alkanes) is 8. The van der Waals surface area contributed by atoms with Gasteiger partial charge in [0.05, 0.1) is 13.3 Å². The van der Waals surface area contributed by atoms with Crippen molar-refractivity contribution in [2.75, 3.05) is 35.8 Å². The minimum absolute atomic E-state index is 0.0258. The lowest BCUT2D eigenvalue weighted by Crippen LogP contribution is -2.64. The summed E-state index contributed by atoms with van der Waals surface area (Å²) in [7, 11) is -2.32. The molecule has 1 atom stereocenters. The van der Waals surface area contributed by atoms with Gasteiger partial charge in [0.1, 0.15) is 13.8 Å². The number of rotatable bonds is 19. The van der Waals surface area contributed by atoms with E-state index in [1.54, 1.807) is 0 Å². The maximum Gasteiger partial charge on any atom is 0.305 e. The van der Waals surface area contributed by atoms with Crippen LogP contribution in [-0.2, 0) is 9.53 Å². The highest BCUT2D eigenvalue weighted by molar-refractivity contribution is 7.04. The molecule has 0 radical (unpaired) electrons. The molecule has 4 rings (SSSR count). The summed E-state index contributed by atoms with van der Waals surface area (Å²) in [4.78, 5) is 34.6. The van der Waals surface area contributed by atoms with Crippen LogP contribution < -0.4 is 31.9 Å². The number of aromatic nitrogens is 2. The summed E-state index contributed by atoms with van der Waals surface area (Å²) in [6.45, 7) is 10.8. The smallest absolute Gasteiger partial charge is 0.305 e. The number of nitrogens with zero attached hydrogens (tertiary/aromatic N) is 2. The van der Waals surface area contributed by atoms with Gasteiger partial charge in [-0.25, -0.2) is 0 Å². The molecule has 0 saturated carbocycles. The number of nitrogens with one attached hydrogen (secondary N) is 2. The molecular formula is C38H57N5O3Si. The minimum atomic E-state index is -2.32. The fraction of sp³-hybridized carbons (Fsp3) is 0.553. The van der Waals surface area contributed by atoms with E-state index in [1.807, 2.05) is 0 Å². The fourth-order valence-corrected chi connectivity index (χ4v) is 13.0. The van der Waals surface area contributed by atoms with E-state index >= 15 is 0 Å². The SMILES string of the molecule is CCCCCCCCCCCC(=O)OCC(CC[Si](c1ccccc1)(c1ccccc1)C(C)(C)C)CN1CNc2c1nc(N)[nH]c2=O. The number of hydrogen-bond donors (Lipinski definition) is 3. The molecule has 256 valence electrons. The topological polar surface area (TPSA) is 113 Å². The van der Waals surface area contributed by atoms with Crippen LogP contribution in [0.2, 0.25) is 11.1 Å². The van der Waals surface area contributed by atoms with Crippen LogP contribution in [0.25, 0.3) is 0 Å². The number of esters is 1. The molecule has 8 nitrogen and oxygen atoms in total. The number of nitrogen functional groups attached to an aromatic ring is 1. The zero-order chi connectivity index (χ0) is 33.7. The molecule has 0 fully saturated rings. The molecule has 1 aliphatic heterocycles. The van der Waals surface area contributed by atoms with Crippen LogP contribution in [-0.4, -0.2) is 43.8 Å². The fourth-order valence-electron chi connectivity index (χ4n) is 7.23. The Hall–Kier alpha value is -3.59. The Morgan fingerprint density at radius 2 is 1.51 bits per heavy atom. The van der Waals surface area contributed by atoms with Gasteiger partial charge in [-0.15, -0.1) is 0 Å². The van der Waals surface area contributed by atoms with Crippen LogP contribution in [0.15, 0.2) is 65.5 Å². The standard InChI is InChI=1S/C38H57N5O3Si/c1-5-6-7-8-9-10-11-12-19-24-33(44)46-28-30(27-43-29-40-34-35(43)41-37(39)42-36(34)45)25-26-47(38(2,3)4,31-20-15-13-16-21-31)32-22-17-14-18-23-32/h13-18,20-23,30,40H,5-12,19,24-29H2,1-4H3,(H3,39,41,42,45). The molecule has 0 amide bonds. The number of H-pyrrole nitrogens is 1. The summed E-state index contributed by atoms with van der Waals surface area (Å²) in [6.07, 6.45) is 12.2. The van der Waals surface area contributed by atoms with Crippen molar-refractivity contribution in [3.63, 3.8) is 0 Å². The summed E-state index contributed by atoms with van der Waals surface area (Å²) >= 11 is 0. The van der Waals surface area contributed by atoms with E-state index in [2.05, 4.69) is 109 Å². The molecule has 0 bridgehead atoms. The van der Waals surface area contributed by atoms with E-state index in [0.29, 0.717) is 37.7 Å². The summed E-state index contributed by atoms with van der Waals surface area (Å²) in [5.74, 6) is 0.572. The maximum atomic E-state index is 13.0. The molecule has 0 spiro atoms. The number of benzene rings is 2. The van der Waals surface area contributed by atoms with Gasteiger partial charge in [0, 0.05) is 18.9 Å². The Kier molecular flexibility index (Phi) is 13.5. The van der Waals surface area contributed by atoms with E-state index in [1.165, 1.54) is 55.3 Å². The van der Waals surface area contributed by atoms with Gasteiger partial charge in [0.25, 0.3) is 5.56 Å². The number of aromatic amines is 1. The number of ether oxygens (including phenoxy) is 1. The summed E-state index contributed by atoms with van der Waals surface area (Å²) in [6, 6.07) is 23.0. The van der Waals surface area contributed by atoms with Crippen molar-refractivity contribution < 1.29 is 9.53 Å². The van der Waals surface area contributed by atoms with Gasteiger partial charge in [-0.1, -0.05) is 150 Å². The van der Waals surface area contributed by atoms with Crippen molar-refractivity contribution in [1.29, 1.82) is 0 Å². The summed E-state index contributed by atoms with van der Waals surface area (Å²) in [5.41, 5.74) is 6.10. The van der Waals surface area contributed by atoms with Gasteiger partial charge in [-0.05, 0) is 23.9 Å². The van der Waals surface area contributed by atoms with Crippen molar-refractivity contribution in [2.24, 2.45) is 5.92 Å². The van der Waals surface area contributed by atoms with Crippen LogP contribution in [0.3, 0.4) is 0 Å². The second kappa shape index (κ2) is 17.5. The van der Waals surface area contributed by atoms with Crippen molar-refractivity contribution in [3.8, 4) is 0 Å². The van der Waals surface area contributed by atoms with E-state index in [9.17, 15) is 9.59 Å². The van der Waals surface area contributed by atoms with Gasteiger partial charge in [-0.3, -0.25) is 14.6 Å². The molecule has 2 aromatic carbocycles. The predicted octanol–water partition coefficient (Wildman–Crippen LogP) is 7.08. The second-order valence-electron chi connectivity index (χ2n) is 14.3. The number of anilines is 3. The van der Waals surface area contributed by atoms with Crippen LogP contribution in [0.4, 0.5) is 17.5 Å². The molecule has 0 saturated heterocycles. The van der Waals surface area contributed by atoms with Crippen LogP contribution >= 0.6 is 0 Å². The van der Waals surface area contributed by atoms with Gasteiger partial charge >= 0.3 is 5.97 Å². The van der Waals surface area contributed by atoms with Crippen LogP contribution in [0, 0.1) is 5.92 Å². The maximum absolute atomic E-state index is 13.0. The van der Waals surface area contributed by atoms with E-state index < -0.39 is 8.07 Å². The average molecular weight is 660 g/mol. The molecule has 47 heavy (non-hydrogen) atoms. The molecule has 0 aliphatic carbocycles. The van der Waals surface area contributed by atoms with E-state index in [0.717, 1.165) is 25.3 Å². The minimum Gasteiger partial charge on any atom is -0.465 e. The molecule has 1 aliphatic rings. The van der Waals surface area contributed by atoms with Gasteiger partial charge in [0.15, 0.2) is 5.82 Å². The van der Waals surface area contributed by atoms with Gasteiger partial charge in [0.2, 0.25) is 5.95 Å². The zero-order valence-electron chi connectivity index (χ0n) is 29.2. The highest BCUT2D eigenvalue weighted by Gasteiger charge is 2.47. The Morgan fingerprint density at radius 1 is 0.936 bits per heavy atom. The van der Waals surface area contributed by atoms with Crippen molar-refractivity contribution in [3.05, 3.63) is 71.0 Å². The third kappa shape index (κ3) is 9.72. The molecular weight excluding hydrogens is 603 g/mol. The first-order valence-electron chi connectivity index (χ1n) is 17.8. The van der Waals surface area contributed by atoms with E-state index in [-0.39, 0.29) is 28.4 Å². The number of carbonyl (C=O) groups excluding carboxylic acids is 1. The first kappa shape index (κ1) is 36.2. The predicted molar refractivity (Wildman–Crippen MR) is 198 cm³/mol. The van der Waals surface area contributed by atoms with Crippen LogP contribution in [0.1, 0.15) is 98.3 Å². The van der Waals surface area contributed by atoms with E-state index in [4.69, 9.17) is 10.5 Å². The Balaban J connectivity index is 1.48. The lowest BCUT2D eigenvalue weighted by molar-refractivity contribution is -0.145. The lowest BCUT2D eigenvalue weighted by atomic mass is 10.1. The van der Waals surface area contributed by atoms with Crippen molar-refractivity contribution >= 4 is 41.9 Å². The van der Waals surface area contributed by atoms with Gasteiger partial charge < -0.3 is 20.7 Å². The molecule has 1 aromatic heterocycles.